The number of rotatable bonds is 4. The van der Waals surface area contributed by atoms with Crippen LogP contribution in [0.25, 0.3) is 11.3 Å². The van der Waals surface area contributed by atoms with Crippen molar-refractivity contribution in [1.29, 1.82) is 0 Å². The molecule has 1 saturated heterocycles. The van der Waals surface area contributed by atoms with E-state index >= 15 is 0 Å². The first-order valence-corrected chi connectivity index (χ1v) is 9.35. The number of nitrogens with one attached hydrogen (secondary N) is 1. The van der Waals surface area contributed by atoms with Crippen LogP contribution in [0.1, 0.15) is 29.6 Å². The Labute approximate surface area is 157 Å². The normalized spacial score (nSPS) is 25.1. The number of nitrogens with zero attached hydrogens (tertiary/aromatic N) is 2. The van der Waals surface area contributed by atoms with Crippen LogP contribution in [0.5, 0.6) is 0 Å². The zero-order chi connectivity index (χ0) is 18.3. The number of aromatic nitrogens is 1. The van der Waals surface area contributed by atoms with Gasteiger partial charge in [0.25, 0.3) is 0 Å². The van der Waals surface area contributed by atoms with Gasteiger partial charge in [0.2, 0.25) is 0 Å². The Morgan fingerprint density at radius 3 is 2.73 bits per heavy atom. The van der Waals surface area contributed by atoms with Gasteiger partial charge in [-0.2, -0.15) is 0 Å². The Balaban J connectivity index is 1.64. The number of hydrogen-bond acceptors (Lipinski definition) is 5. The van der Waals surface area contributed by atoms with Crippen molar-refractivity contribution in [3.8, 4) is 11.3 Å². The molecule has 2 heterocycles. The maximum atomic E-state index is 12.0. The van der Waals surface area contributed by atoms with E-state index in [0.717, 1.165) is 25.9 Å². The van der Waals surface area contributed by atoms with E-state index in [-0.39, 0.29) is 17.4 Å². The highest BCUT2D eigenvalue weighted by Crippen LogP contribution is 2.40. The summed E-state index contributed by atoms with van der Waals surface area (Å²) < 4.78 is 5.45. The van der Waals surface area contributed by atoms with Crippen molar-refractivity contribution in [2.24, 2.45) is 11.8 Å². The summed E-state index contributed by atoms with van der Waals surface area (Å²) in [4.78, 5) is 13.9. The minimum absolute atomic E-state index is 0.114. The third-order valence-electron chi connectivity index (χ3n) is 5.79. The zero-order valence-corrected chi connectivity index (χ0v) is 15.4. The summed E-state index contributed by atoms with van der Waals surface area (Å²) in [6.45, 7) is 2.12. The number of anilines is 1. The van der Waals surface area contributed by atoms with E-state index in [9.17, 15) is 9.90 Å². The molecule has 0 spiro atoms. The molecule has 4 rings (SSSR count). The largest absolute Gasteiger partial charge is 0.477 e. The van der Waals surface area contributed by atoms with Crippen LogP contribution in [0.4, 0.5) is 5.82 Å². The van der Waals surface area contributed by atoms with Crippen molar-refractivity contribution in [2.75, 3.05) is 25.0 Å². The Morgan fingerprint density at radius 2 is 2.04 bits per heavy atom. The summed E-state index contributed by atoms with van der Waals surface area (Å²) in [6.07, 6.45) is 3.32. The van der Waals surface area contributed by atoms with Gasteiger partial charge in [-0.05, 0) is 68.5 Å². The average Bonchev–Trinajstić information content (AvgIpc) is 3.26. The van der Waals surface area contributed by atoms with Gasteiger partial charge in [0.05, 0.1) is 0 Å². The molecule has 2 fully saturated rings. The van der Waals surface area contributed by atoms with E-state index in [1.54, 1.807) is 24.3 Å². The maximum Gasteiger partial charge on any atom is 0.343 e. The summed E-state index contributed by atoms with van der Waals surface area (Å²) in [6, 6.07) is 7.20. The second-order valence-corrected chi connectivity index (χ2v) is 7.71. The van der Waals surface area contributed by atoms with Crippen LogP contribution in [-0.4, -0.2) is 42.4 Å². The molecule has 2 N–H and O–H groups in total. The summed E-state index contributed by atoms with van der Waals surface area (Å²) in [7, 11) is 1.92. The Kier molecular flexibility index (Phi) is 4.63. The molecule has 2 aromatic rings. The first kappa shape index (κ1) is 17.4. The molecule has 6 nitrogen and oxygen atoms in total. The van der Waals surface area contributed by atoms with Gasteiger partial charge < -0.3 is 19.8 Å². The van der Waals surface area contributed by atoms with Crippen molar-refractivity contribution < 1.29 is 14.4 Å². The van der Waals surface area contributed by atoms with Crippen molar-refractivity contribution in [3.63, 3.8) is 0 Å². The number of fused-ring (bicyclic) bond motifs is 1. The van der Waals surface area contributed by atoms with Crippen LogP contribution in [-0.2, 0) is 0 Å². The number of aromatic carboxylic acids is 1. The van der Waals surface area contributed by atoms with Crippen molar-refractivity contribution in [1.82, 2.24) is 10.5 Å². The monoisotopic (exact) mass is 375 g/mol. The van der Waals surface area contributed by atoms with Gasteiger partial charge in [0.15, 0.2) is 17.1 Å². The van der Waals surface area contributed by atoms with Crippen LogP contribution in [0, 0.1) is 11.8 Å². The molecule has 7 heteroatoms. The predicted molar refractivity (Wildman–Crippen MR) is 99.8 cm³/mol. The zero-order valence-electron chi connectivity index (χ0n) is 14.6. The van der Waals surface area contributed by atoms with Crippen LogP contribution >= 0.6 is 11.6 Å². The fourth-order valence-electron chi connectivity index (χ4n) is 4.36. The molecule has 1 saturated carbocycles. The number of halogens is 1. The highest BCUT2D eigenvalue weighted by Gasteiger charge is 2.39. The summed E-state index contributed by atoms with van der Waals surface area (Å²) in [5.74, 6) is 1.01. The summed E-state index contributed by atoms with van der Waals surface area (Å²) >= 11 is 5.93. The van der Waals surface area contributed by atoms with Crippen LogP contribution in [0.15, 0.2) is 28.8 Å². The van der Waals surface area contributed by atoms with E-state index in [4.69, 9.17) is 16.1 Å². The van der Waals surface area contributed by atoms with Crippen molar-refractivity contribution in [3.05, 3.63) is 34.9 Å². The standard InChI is InChI=1S/C19H22ClN3O3/c1-23(15-8-12-6-7-21-10-13(12)9-15)18-16(19(24)25)17(26-22-18)11-2-4-14(20)5-3-11/h2-5,12-13,15,21H,6-10H2,1H3,(H,24,25)/t12-,13-,15+/m1/s1. The first-order chi connectivity index (χ1) is 12.5. The smallest absolute Gasteiger partial charge is 0.343 e. The molecule has 26 heavy (non-hydrogen) atoms. The van der Waals surface area contributed by atoms with Crippen LogP contribution in [0.3, 0.4) is 0 Å². The van der Waals surface area contributed by atoms with Gasteiger partial charge >= 0.3 is 5.97 Å². The van der Waals surface area contributed by atoms with Crippen molar-refractivity contribution >= 4 is 23.4 Å². The molecular weight excluding hydrogens is 354 g/mol. The molecule has 2 aliphatic rings. The maximum absolute atomic E-state index is 12.0. The lowest BCUT2D eigenvalue weighted by Crippen LogP contribution is -2.33. The van der Waals surface area contributed by atoms with E-state index in [2.05, 4.69) is 10.5 Å². The number of piperidine rings is 1. The molecule has 1 aromatic heterocycles. The van der Waals surface area contributed by atoms with Gasteiger partial charge in [-0.15, -0.1) is 0 Å². The number of benzene rings is 1. The number of carboxylic acids is 1. The van der Waals surface area contributed by atoms with E-state index in [0.29, 0.717) is 28.2 Å². The van der Waals surface area contributed by atoms with E-state index in [1.807, 2.05) is 11.9 Å². The second-order valence-electron chi connectivity index (χ2n) is 7.27. The molecular formula is C19H22ClN3O3. The Bertz CT molecular complexity index is 791. The third kappa shape index (κ3) is 3.08. The molecule has 1 aliphatic carbocycles. The molecule has 1 aromatic carbocycles. The topological polar surface area (TPSA) is 78.6 Å². The number of carboxylic acid groups (broad SMARTS) is 1. The highest BCUT2D eigenvalue weighted by atomic mass is 35.5. The highest BCUT2D eigenvalue weighted by molar-refractivity contribution is 6.30. The Morgan fingerprint density at radius 1 is 1.31 bits per heavy atom. The molecule has 0 bridgehead atoms. The van der Waals surface area contributed by atoms with Gasteiger partial charge in [0.1, 0.15) is 0 Å². The average molecular weight is 376 g/mol. The Hall–Kier alpha value is -2.05. The minimum Gasteiger partial charge on any atom is -0.477 e. The van der Waals surface area contributed by atoms with E-state index in [1.165, 1.54) is 6.42 Å². The number of carbonyl (C=O) groups is 1. The van der Waals surface area contributed by atoms with Crippen LogP contribution in [0.2, 0.25) is 5.02 Å². The molecule has 0 amide bonds. The fourth-order valence-corrected chi connectivity index (χ4v) is 4.49. The molecule has 0 unspecified atom stereocenters. The molecule has 3 atom stereocenters. The molecule has 1 aliphatic heterocycles. The quantitative estimate of drug-likeness (QED) is 0.851. The van der Waals surface area contributed by atoms with Gasteiger partial charge in [-0.25, -0.2) is 4.79 Å². The van der Waals surface area contributed by atoms with Gasteiger partial charge in [-0.3, -0.25) is 0 Å². The second kappa shape index (κ2) is 6.93. The number of hydrogen-bond donors (Lipinski definition) is 2. The lowest BCUT2D eigenvalue weighted by molar-refractivity contribution is 0.0698. The third-order valence-corrected chi connectivity index (χ3v) is 6.04. The molecule has 0 radical (unpaired) electrons. The van der Waals surface area contributed by atoms with Crippen molar-refractivity contribution in [2.45, 2.75) is 25.3 Å². The lowest BCUT2D eigenvalue weighted by atomic mass is 9.90. The van der Waals surface area contributed by atoms with Gasteiger partial charge in [-0.1, -0.05) is 16.8 Å². The molecule has 138 valence electrons. The minimum atomic E-state index is -1.03. The lowest BCUT2D eigenvalue weighted by Gasteiger charge is -2.25. The summed E-state index contributed by atoms with van der Waals surface area (Å²) in [5.41, 5.74) is 0.770. The fraction of sp³-hybridized carbons (Fsp3) is 0.474. The predicted octanol–water partition coefficient (Wildman–Crippen LogP) is 3.52. The SMILES string of the molecule is CN(c1noc(-c2ccc(Cl)cc2)c1C(=O)O)[C@H]1C[C@H]2CCNC[C@H]2C1. The first-order valence-electron chi connectivity index (χ1n) is 8.97. The summed E-state index contributed by atoms with van der Waals surface area (Å²) in [5, 5.41) is 18.0. The van der Waals surface area contributed by atoms with Crippen LogP contribution < -0.4 is 10.2 Å². The van der Waals surface area contributed by atoms with E-state index < -0.39 is 5.97 Å². The van der Waals surface area contributed by atoms with Gasteiger partial charge in [0, 0.05) is 23.7 Å².